The van der Waals surface area contributed by atoms with Gasteiger partial charge in [-0.3, -0.25) is 0 Å². The van der Waals surface area contributed by atoms with Crippen LogP contribution in [0.25, 0.3) is 10.8 Å². The molecule has 2 atom stereocenters. The van der Waals surface area contributed by atoms with Gasteiger partial charge in [0.05, 0.1) is 5.92 Å². The van der Waals surface area contributed by atoms with Gasteiger partial charge in [0.25, 0.3) is 0 Å². The summed E-state index contributed by atoms with van der Waals surface area (Å²) < 4.78 is 5.79. The normalized spacial score (nSPS) is 24.9. The Bertz CT molecular complexity index is 1210. The largest absolute Gasteiger partial charge is 0.373 e. The van der Waals surface area contributed by atoms with Crippen molar-refractivity contribution in [3.63, 3.8) is 0 Å². The minimum absolute atomic E-state index is 0.250. The summed E-state index contributed by atoms with van der Waals surface area (Å²) in [6, 6.07) is 23.8. The lowest BCUT2D eigenvalue weighted by Crippen LogP contribution is -2.46. The Balaban J connectivity index is 1.46. The average molecular weight is 412 g/mol. The van der Waals surface area contributed by atoms with Crippen LogP contribution in [0.5, 0.6) is 0 Å². The lowest BCUT2D eigenvalue weighted by molar-refractivity contribution is 0.0726. The number of rotatable bonds is 4. The molecule has 5 heteroatoms. The van der Waals surface area contributed by atoms with E-state index in [2.05, 4.69) is 22.2 Å². The van der Waals surface area contributed by atoms with Crippen molar-refractivity contribution < 1.29 is 9.63 Å². The number of aliphatic hydroxyl groups is 1. The van der Waals surface area contributed by atoms with Crippen LogP contribution in [0.3, 0.4) is 0 Å². The fourth-order valence-corrected chi connectivity index (χ4v) is 5.30. The Labute approximate surface area is 181 Å². The predicted molar refractivity (Wildman–Crippen MR) is 119 cm³/mol. The summed E-state index contributed by atoms with van der Waals surface area (Å²) in [6.45, 7) is 3.28. The van der Waals surface area contributed by atoms with E-state index in [1.165, 1.54) is 12.8 Å². The van der Waals surface area contributed by atoms with Crippen molar-refractivity contribution in [2.24, 2.45) is 5.92 Å². The van der Waals surface area contributed by atoms with E-state index in [9.17, 15) is 5.11 Å². The average Bonchev–Trinajstić information content (AvgIpc) is 3.35. The summed E-state index contributed by atoms with van der Waals surface area (Å²) in [7, 11) is 0. The maximum atomic E-state index is 12.1. The molecule has 0 amide bonds. The number of benzene rings is 3. The third-order valence-electron chi connectivity index (χ3n) is 7.10. The van der Waals surface area contributed by atoms with Gasteiger partial charge in [0.2, 0.25) is 11.7 Å². The van der Waals surface area contributed by atoms with Gasteiger partial charge in [-0.2, -0.15) is 4.98 Å². The van der Waals surface area contributed by atoms with E-state index in [0.717, 1.165) is 41.5 Å². The highest BCUT2D eigenvalue weighted by Crippen LogP contribution is 2.41. The number of hydrogen-bond acceptors (Lipinski definition) is 5. The zero-order chi connectivity index (χ0) is 20.8. The highest BCUT2D eigenvalue weighted by Gasteiger charge is 2.42. The molecule has 4 aromatic rings. The smallest absolute Gasteiger partial charge is 0.231 e. The standard InChI is InChI=1S/C26H25N3O2/c30-26(21-8-2-1-3-9-21,22-11-10-18-6-4-5-7-20(18)16-22)25-27-24(31-28-25)23-17-29-14-12-19(23)13-15-29/h1-11,16,19,23,30H,12-15,17H2. The predicted octanol–water partition coefficient (Wildman–Crippen LogP) is 4.32. The molecule has 0 aliphatic carbocycles. The van der Waals surface area contributed by atoms with Crippen LogP contribution in [-0.4, -0.2) is 39.8 Å². The fourth-order valence-electron chi connectivity index (χ4n) is 5.30. The second-order valence-corrected chi connectivity index (χ2v) is 8.84. The minimum Gasteiger partial charge on any atom is -0.373 e. The van der Waals surface area contributed by atoms with Crippen molar-refractivity contribution in [3.8, 4) is 0 Å². The minimum atomic E-state index is -1.49. The van der Waals surface area contributed by atoms with Crippen LogP contribution in [-0.2, 0) is 5.60 Å². The third kappa shape index (κ3) is 3.08. The van der Waals surface area contributed by atoms with Crippen LogP contribution in [0.4, 0.5) is 0 Å². The molecular formula is C26H25N3O2. The van der Waals surface area contributed by atoms with Gasteiger partial charge in [0.1, 0.15) is 0 Å². The quantitative estimate of drug-likeness (QED) is 0.542. The first-order valence-electron chi connectivity index (χ1n) is 11.1. The molecule has 2 unspecified atom stereocenters. The molecule has 4 heterocycles. The van der Waals surface area contributed by atoms with Crippen molar-refractivity contribution in [1.82, 2.24) is 15.0 Å². The Morgan fingerprint density at radius 1 is 0.871 bits per heavy atom. The first-order valence-corrected chi connectivity index (χ1v) is 11.1. The monoisotopic (exact) mass is 411 g/mol. The van der Waals surface area contributed by atoms with Gasteiger partial charge >= 0.3 is 0 Å². The van der Waals surface area contributed by atoms with Crippen LogP contribution in [0, 0.1) is 5.92 Å². The number of aromatic nitrogens is 2. The molecule has 3 aliphatic rings. The van der Waals surface area contributed by atoms with E-state index in [-0.39, 0.29) is 5.92 Å². The lowest BCUT2D eigenvalue weighted by Gasteiger charge is -2.43. The fraction of sp³-hybridized carbons (Fsp3) is 0.308. The Morgan fingerprint density at radius 3 is 2.35 bits per heavy atom. The molecule has 0 radical (unpaired) electrons. The zero-order valence-corrected chi connectivity index (χ0v) is 17.3. The van der Waals surface area contributed by atoms with Crippen LogP contribution < -0.4 is 0 Å². The van der Waals surface area contributed by atoms with Crippen LogP contribution >= 0.6 is 0 Å². The van der Waals surface area contributed by atoms with Crippen LogP contribution in [0.2, 0.25) is 0 Å². The van der Waals surface area contributed by atoms with Gasteiger partial charge in [0.15, 0.2) is 5.60 Å². The highest BCUT2D eigenvalue weighted by atomic mass is 16.5. The zero-order valence-electron chi connectivity index (χ0n) is 17.3. The molecule has 3 aliphatic heterocycles. The molecule has 31 heavy (non-hydrogen) atoms. The molecule has 0 saturated carbocycles. The van der Waals surface area contributed by atoms with Crippen molar-refractivity contribution in [3.05, 3.63) is 95.6 Å². The number of piperidine rings is 3. The third-order valence-corrected chi connectivity index (χ3v) is 7.10. The molecule has 3 aromatic carbocycles. The van der Waals surface area contributed by atoms with E-state index in [0.29, 0.717) is 17.6 Å². The number of hydrogen-bond donors (Lipinski definition) is 1. The topological polar surface area (TPSA) is 62.4 Å². The first-order chi connectivity index (χ1) is 15.2. The SMILES string of the molecule is OC(c1ccccc1)(c1ccc2ccccc2c1)c1noc(C2CN3CCC2CC3)n1. The van der Waals surface area contributed by atoms with Crippen molar-refractivity contribution >= 4 is 10.8 Å². The number of nitrogens with zero attached hydrogens (tertiary/aromatic N) is 3. The summed E-state index contributed by atoms with van der Waals surface area (Å²) in [5, 5.41) is 18.7. The van der Waals surface area contributed by atoms with Crippen LogP contribution in [0.15, 0.2) is 77.3 Å². The van der Waals surface area contributed by atoms with Gasteiger partial charge in [-0.1, -0.05) is 71.9 Å². The Morgan fingerprint density at radius 2 is 1.61 bits per heavy atom. The maximum Gasteiger partial charge on any atom is 0.231 e. The van der Waals surface area contributed by atoms with Gasteiger partial charge < -0.3 is 14.5 Å². The van der Waals surface area contributed by atoms with E-state index in [1.807, 2.05) is 60.7 Å². The van der Waals surface area contributed by atoms with E-state index in [4.69, 9.17) is 9.51 Å². The van der Waals surface area contributed by atoms with Crippen molar-refractivity contribution in [1.29, 1.82) is 0 Å². The Hall–Kier alpha value is -3.02. The number of fused-ring (bicyclic) bond motifs is 4. The molecule has 5 nitrogen and oxygen atoms in total. The molecule has 2 bridgehead atoms. The van der Waals surface area contributed by atoms with E-state index >= 15 is 0 Å². The summed E-state index contributed by atoms with van der Waals surface area (Å²) in [6.07, 6.45) is 2.35. The van der Waals surface area contributed by atoms with E-state index < -0.39 is 5.60 Å². The molecule has 0 spiro atoms. The second kappa shape index (κ2) is 7.29. The first kappa shape index (κ1) is 18.7. The van der Waals surface area contributed by atoms with Crippen molar-refractivity contribution in [2.45, 2.75) is 24.4 Å². The molecule has 3 saturated heterocycles. The summed E-state index contributed by atoms with van der Waals surface area (Å²) >= 11 is 0. The van der Waals surface area contributed by atoms with Crippen molar-refractivity contribution in [2.75, 3.05) is 19.6 Å². The Kier molecular flexibility index (Phi) is 4.40. The van der Waals surface area contributed by atoms with Crippen LogP contribution in [0.1, 0.15) is 41.6 Å². The van der Waals surface area contributed by atoms with E-state index in [1.54, 1.807) is 0 Å². The second-order valence-electron chi connectivity index (χ2n) is 8.84. The molecular weight excluding hydrogens is 386 g/mol. The van der Waals surface area contributed by atoms with Gasteiger partial charge in [-0.25, -0.2) is 0 Å². The lowest BCUT2D eigenvalue weighted by atomic mass is 9.79. The summed E-state index contributed by atoms with van der Waals surface area (Å²) in [4.78, 5) is 7.28. The maximum absolute atomic E-state index is 12.1. The molecule has 1 aromatic heterocycles. The molecule has 3 fully saturated rings. The summed E-state index contributed by atoms with van der Waals surface area (Å²) in [5.41, 5.74) is -0.0220. The highest BCUT2D eigenvalue weighted by molar-refractivity contribution is 5.83. The summed E-state index contributed by atoms with van der Waals surface area (Å²) in [5.74, 6) is 1.80. The van der Waals surface area contributed by atoms with Gasteiger partial charge in [-0.05, 0) is 59.8 Å². The molecule has 1 N–H and O–H groups in total. The van der Waals surface area contributed by atoms with Gasteiger partial charge in [0, 0.05) is 6.54 Å². The van der Waals surface area contributed by atoms with Gasteiger partial charge in [-0.15, -0.1) is 0 Å². The molecule has 156 valence electrons. The molecule has 7 rings (SSSR count).